The zero-order valence-electron chi connectivity index (χ0n) is 8.90. The van der Waals surface area contributed by atoms with Crippen LogP contribution in [0.5, 0.6) is 0 Å². The van der Waals surface area contributed by atoms with Gasteiger partial charge in [-0.1, -0.05) is 18.2 Å². The van der Waals surface area contributed by atoms with Gasteiger partial charge in [0.1, 0.15) is 0 Å². The van der Waals surface area contributed by atoms with Crippen LogP contribution in [0.2, 0.25) is 0 Å². The van der Waals surface area contributed by atoms with Gasteiger partial charge in [-0.2, -0.15) is 0 Å². The molecule has 2 aromatic rings. The Morgan fingerprint density at radius 1 is 1.19 bits per heavy atom. The van der Waals surface area contributed by atoms with Gasteiger partial charge in [-0.3, -0.25) is 0 Å². The van der Waals surface area contributed by atoms with Crippen molar-refractivity contribution in [2.24, 2.45) is 0 Å². The molecule has 1 aromatic carbocycles. The first-order valence-corrected chi connectivity index (χ1v) is 6.23. The van der Waals surface area contributed by atoms with Gasteiger partial charge >= 0.3 is 0 Å². The van der Waals surface area contributed by atoms with E-state index < -0.39 is 0 Å². The molecule has 16 heavy (non-hydrogen) atoms. The lowest BCUT2D eigenvalue weighted by Crippen LogP contribution is -2.42. The molecule has 0 amide bonds. The second-order valence-electron chi connectivity index (χ2n) is 3.90. The summed E-state index contributed by atoms with van der Waals surface area (Å²) in [6.45, 7) is 3.19. The monoisotopic (exact) mass is 254 g/mol. The molecule has 2 N–H and O–H groups in total. The SMILES string of the molecule is Cl.c1ccc2c([C@H]3CNCCN3)csc2c1. The van der Waals surface area contributed by atoms with E-state index in [0.717, 1.165) is 19.6 Å². The second-order valence-corrected chi connectivity index (χ2v) is 4.81. The van der Waals surface area contributed by atoms with E-state index in [2.05, 4.69) is 40.3 Å². The summed E-state index contributed by atoms with van der Waals surface area (Å²) in [5.74, 6) is 0. The van der Waals surface area contributed by atoms with Crippen molar-refractivity contribution in [3.63, 3.8) is 0 Å². The Bertz CT molecular complexity index is 463. The largest absolute Gasteiger partial charge is 0.314 e. The summed E-state index contributed by atoms with van der Waals surface area (Å²) < 4.78 is 1.39. The second kappa shape index (κ2) is 5.15. The minimum Gasteiger partial charge on any atom is -0.314 e. The van der Waals surface area contributed by atoms with Gasteiger partial charge in [0, 0.05) is 30.4 Å². The summed E-state index contributed by atoms with van der Waals surface area (Å²) in [6.07, 6.45) is 0. The average molecular weight is 255 g/mol. The molecule has 3 rings (SSSR count). The number of hydrogen-bond acceptors (Lipinski definition) is 3. The van der Waals surface area contributed by atoms with Crippen molar-refractivity contribution < 1.29 is 0 Å². The van der Waals surface area contributed by atoms with Crippen molar-refractivity contribution in [2.75, 3.05) is 19.6 Å². The first kappa shape index (κ1) is 11.9. The number of benzene rings is 1. The van der Waals surface area contributed by atoms with Crippen molar-refractivity contribution in [1.29, 1.82) is 0 Å². The van der Waals surface area contributed by atoms with Gasteiger partial charge in [0.15, 0.2) is 0 Å². The molecular weight excluding hydrogens is 240 g/mol. The average Bonchev–Trinajstić information content (AvgIpc) is 2.74. The smallest absolute Gasteiger partial charge is 0.0461 e. The molecule has 0 spiro atoms. The Hall–Kier alpha value is -0.610. The van der Waals surface area contributed by atoms with Crippen LogP contribution in [0, 0.1) is 0 Å². The summed E-state index contributed by atoms with van der Waals surface area (Å²) in [5, 5.41) is 10.7. The Kier molecular flexibility index (Phi) is 3.82. The van der Waals surface area contributed by atoms with Gasteiger partial charge in [-0.25, -0.2) is 0 Å². The number of nitrogens with one attached hydrogen (secondary N) is 2. The van der Waals surface area contributed by atoms with Gasteiger partial charge in [0.2, 0.25) is 0 Å². The van der Waals surface area contributed by atoms with Crippen LogP contribution >= 0.6 is 23.7 Å². The van der Waals surface area contributed by atoms with Crippen LogP contribution in [-0.2, 0) is 0 Å². The summed E-state index contributed by atoms with van der Waals surface area (Å²) >= 11 is 1.84. The Morgan fingerprint density at radius 3 is 2.88 bits per heavy atom. The van der Waals surface area contributed by atoms with Gasteiger partial charge in [0.05, 0.1) is 0 Å². The van der Waals surface area contributed by atoms with Crippen molar-refractivity contribution in [3.05, 3.63) is 35.2 Å². The Balaban J connectivity index is 0.000000963. The Morgan fingerprint density at radius 2 is 2.06 bits per heavy atom. The molecule has 1 atom stereocenters. The maximum absolute atomic E-state index is 3.56. The number of halogens is 1. The molecule has 4 heteroatoms. The van der Waals surface area contributed by atoms with E-state index in [0.29, 0.717) is 6.04 Å². The predicted molar refractivity (Wildman–Crippen MR) is 72.7 cm³/mol. The first-order valence-electron chi connectivity index (χ1n) is 5.35. The highest BCUT2D eigenvalue weighted by atomic mass is 35.5. The molecular formula is C12H15ClN2S. The van der Waals surface area contributed by atoms with E-state index in [1.807, 2.05) is 11.3 Å². The van der Waals surface area contributed by atoms with Gasteiger partial charge in [-0.15, -0.1) is 23.7 Å². The molecule has 0 saturated carbocycles. The molecule has 2 heterocycles. The third-order valence-corrected chi connectivity index (χ3v) is 3.91. The van der Waals surface area contributed by atoms with E-state index >= 15 is 0 Å². The third kappa shape index (κ3) is 2.09. The van der Waals surface area contributed by atoms with Gasteiger partial charge in [-0.05, 0) is 22.4 Å². The van der Waals surface area contributed by atoms with E-state index in [9.17, 15) is 0 Å². The quantitative estimate of drug-likeness (QED) is 0.817. The fourth-order valence-corrected chi connectivity index (χ4v) is 3.16. The fraction of sp³-hybridized carbons (Fsp3) is 0.333. The summed E-state index contributed by atoms with van der Waals surface area (Å²) in [7, 11) is 0. The molecule has 1 saturated heterocycles. The predicted octanol–water partition coefficient (Wildman–Crippen LogP) is 2.56. The standard InChI is InChI=1S/C12H14N2S.ClH/c1-2-4-12-9(3-1)10(8-15-12)11-7-13-5-6-14-11;/h1-4,8,11,13-14H,5-7H2;1H/t11-;/m1./s1. The maximum atomic E-state index is 3.56. The highest BCUT2D eigenvalue weighted by Crippen LogP contribution is 2.30. The summed E-state index contributed by atoms with van der Waals surface area (Å²) in [6, 6.07) is 9.12. The number of rotatable bonds is 1. The van der Waals surface area contributed by atoms with Gasteiger partial charge < -0.3 is 10.6 Å². The lowest BCUT2D eigenvalue weighted by Gasteiger charge is -2.24. The molecule has 86 valence electrons. The summed E-state index contributed by atoms with van der Waals surface area (Å²) in [4.78, 5) is 0. The number of piperazine rings is 1. The van der Waals surface area contributed by atoms with Crippen LogP contribution in [0.1, 0.15) is 11.6 Å². The van der Waals surface area contributed by atoms with Gasteiger partial charge in [0.25, 0.3) is 0 Å². The van der Waals surface area contributed by atoms with Crippen LogP contribution in [0.4, 0.5) is 0 Å². The van der Waals surface area contributed by atoms with E-state index in [1.165, 1.54) is 15.6 Å². The van der Waals surface area contributed by atoms with E-state index in [4.69, 9.17) is 0 Å². The minimum absolute atomic E-state index is 0. The first-order chi connectivity index (χ1) is 7.45. The molecule has 0 radical (unpaired) electrons. The van der Waals surface area contributed by atoms with E-state index in [1.54, 1.807) is 0 Å². The topological polar surface area (TPSA) is 24.1 Å². The van der Waals surface area contributed by atoms with Crippen molar-refractivity contribution >= 4 is 33.8 Å². The number of thiophene rings is 1. The normalized spacial score (nSPS) is 20.6. The highest BCUT2D eigenvalue weighted by Gasteiger charge is 2.17. The van der Waals surface area contributed by atoms with E-state index in [-0.39, 0.29) is 12.4 Å². The molecule has 1 aliphatic heterocycles. The molecule has 1 aliphatic rings. The number of hydrogen-bond donors (Lipinski definition) is 2. The summed E-state index contributed by atoms with van der Waals surface area (Å²) in [5.41, 5.74) is 1.45. The van der Waals surface area contributed by atoms with Crippen molar-refractivity contribution in [3.8, 4) is 0 Å². The molecule has 0 bridgehead atoms. The lowest BCUT2D eigenvalue weighted by atomic mass is 10.0. The number of fused-ring (bicyclic) bond motifs is 1. The third-order valence-electron chi connectivity index (χ3n) is 2.93. The molecule has 0 aliphatic carbocycles. The molecule has 0 unspecified atom stereocenters. The Labute approximate surface area is 105 Å². The van der Waals surface area contributed by atoms with Crippen LogP contribution in [0.15, 0.2) is 29.6 Å². The molecule has 1 fully saturated rings. The van der Waals surface area contributed by atoms with Crippen LogP contribution in [0.3, 0.4) is 0 Å². The fourth-order valence-electron chi connectivity index (χ4n) is 2.14. The minimum atomic E-state index is 0. The van der Waals surface area contributed by atoms with Crippen LogP contribution < -0.4 is 10.6 Å². The molecule has 1 aromatic heterocycles. The molecule has 2 nitrogen and oxygen atoms in total. The zero-order chi connectivity index (χ0) is 10.1. The lowest BCUT2D eigenvalue weighted by molar-refractivity contribution is 0.433. The van der Waals surface area contributed by atoms with Crippen LogP contribution in [0.25, 0.3) is 10.1 Å². The maximum Gasteiger partial charge on any atom is 0.0461 e. The highest BCUT2D eigenvalue weighted by molar-refractivity contribution is 7.17. The van der Waals surface area contributed by atoms with Crippen molar-refractivity contribution in [1.82, 2.24) is 10.6 Å². The van der Waals surface area contributed by atoms with Crippen LogP contribution in [-0.4, -0.2) is 19.6 Å². The zero-order valence-corrected chi connectivity index (χ0v) is 10.5. The van der Waals surface area contributed by atoms with Crippen molar-refractivity contribution in [2.45, 2.75) is 6.04 Å².